The van der Waals surface area contributed by atoms with Crippen LogP contribution >= 0.6 is 12.4 Å². The second-order valence-electron chi connectivity index (χ2n) is 6.93. The van der Waals surface area contributed by atoms with Crippen molar-refractivity contribution in [2.75, 3.05) is 39.5 Å². The van der Waals surface area contributed by atoms with Crippen molar-refractivity contribution in [3.05, 3.63) is 35.5 Å². The van der Waals surface area contributed by atoms with Gasteiger partial charge in [-0.3, -0.25) is 4.90 Å². The number of halogens is 1. The van der Waals surface area contributed by atoms with Crippen LogP contribution in [0.1, 0.15) is 24.6 Å². The van der Waals surface area contributed by atoms with Gasteiger partial charge in [-0.1, -0.05) is 18.2 Å². The van der Waals surface area contributed by atoms with E-state index in [4.69, 9.17) is 9.47 Å². The minimum absolute atomic E-state index is 0. The molecule has 4 rings (SSSR count). The molecule has 2 aliphatic heterocycles. The maximum atomic E-state index is 6.31. The summed E-state index contributed by atoms with van der Waals surface area (Å²) in [4.78, 5) is 2.50. The fourth-order valence-electron chi connectivity index (χ4n) is 4.21. The molecule has 2 aromatic rings. The lowest BCUT2D eigenvalue weighted by Crippen LogP contribution is -2.42. The number of aromatic nitrogens is 1. The Morgan fingerprint density at radius 3 is 2.62 bits per heavy atom. The third-order valence-corrected chi connectivity index (χ3v) is 5.47. The van der Waals surface area contributed by atoms with Gasteiger partial charge in [0.05, 0.1) is 25.5 Å². The molecule has 0 spiro atoms. The smallest absolute Gasteiger partial charge is 0.107 e. The van der Waals surface area contributed by atoms with Crippen LogP contribution in [0.25, 0.3) is 10.9 Å². The van der Waals surface area contributed by atoms with Gasteiger partial charge in [0.1, 0.15) is 5.60 Å². The third-order valence-electron chi connectivity index (χ3n) is 5.47. The highest BCUT2D eigenvalue weighted by atomic mass is 35.5. The number of aryl methyl sites for hydroxylation is 1. The average molecular weight is 351 g/mol. The van der Waals surface area contributed by atoms with Gasteiger partial charge in [-0.05, 0) is 31.9 Å². The zero-order valence-corrected chi connectivity index (χ0v) is 15.4. The first-order valence-electron chi connectivity index (χ1n) is 8.71. The molecule has 3 heterocycles. The maximum Gasteiger partial charge on any atom is 0.107 e. The number of benzene rings is 1. The number of fused-ring (bicyclic) bond motifs is 3. The molecule has 4 nitrogen and oxygen atoms in total. The summed E-state index contributed by atoms with van der Waals surface area (Å²) in [6.45, 7) is 11.1. The normalized spacial score (nSPS) is 24.6. The quantitative estimate of drug-likeness (QED) is 0.849. The predicted molar refractivity (Wildman–Crippen MR) is 99.1 cm³/mol. The third kappa shape index (κ3) is 2.97. The Hall–Kier alpha value is -1.07. The highest BCUT2D eigenvalue weighted by Crippen LogP contribution is 2.40. The summed E-state index contributed by atoms with van der Waals surface area (Å²) >= 11 is 0. The molecule has 1 fully saturated rings. The number of ether oxygens (including phenoxy) is 2. The Kier molecular flexibility index (Phi) is 5.21. The van der Waals surface area contributed by atoms with Gasteiger partial charge in [0.2, 0.25) is 0 Å². The van der Waals surface area contributed by atoms with Crippen LogP contribution < -0.4 is 0 Å². The Morgan fingerprint density at radius 2 is 1.83 bits per heavy atom. The van der Waals surface area contributed by atoms with Crippen molar-refractivity contribution in [3.63, 3.8) is 0 Å². The van der Waals surface area contributed by atoms with Crippen LogP contribution in [0.15, 0.2) is 24.3 Å². The van der Waals surface area contributed by atoms with Crippen LogP contribution in [0.4, 0.5) is 0 Å². The van der Waals surface area contributed by atoms with Gasteiger partial charge in [-0.15, -0.1) is 12.4 Å². The first-order valence-corrected chi connectivity index (χ1v) is 8.71. The topological polar surface area (TPSA) is 26.6 Å². The molecule has 24 heavy (non-hydrogen) atoms. The molecule has 1 aromatic carbocycles. The molecule has 1 saturated heterocycles. The summed E-state index contributed by atoms with van der Waals surface area (Å²) in [6, 6.07) is 8.74. The van der Waals surface area contributed by atoms with Gasteiger partial charge >= 0.3 is 0 Å². The van der Waals surface area contributed by atoms with E-state index in [-0.39, 0.29) is 18.0 Å². The summed E-state index contributed by atoms with van der Waals surface area (Å²) in [7, 11) is 0. The molecule has 132 valence electrons. The highest BCUT2D eigenvalue weighted by molar-refractivity contribution is 5.86. The van der Waals surface area contributed by atoms with E-state index in [1.54, 1.807) is 0 Å². The van der Waals surface area contributed by atoms with E-state index >= 15 is 0 Å². The molecule has 0 aliphatic carbocycles. The number of nitrogens with zero attached hydrogens (tertiary/aromatic N) is 2. The minimum Gasteiger partial charge on any atom is -0.379 e. The zero-order valence-electron chi connectivity index (χ0n) is 14.6. The summed E-state index contributed by atoms with van der Waals surface area (Å²) in [6.07, 6.45) is 1.03. The molecule has 2 aliphatic rings. The van der Waals surface area contributed by atoms with Crippen LogP contribution in [0.5, 0.6) is 0 Å². The van der Waals surface area contributed by atoms with E-state index in [2.05, 4.69) is 47.6 Å². The standard InChI is InChI=1S/C19H26N2O2.ClH/c1-15-16-5-3-4-6-17(16)21-11-14-23-19(2,18(15)21)7-8-20-9-12-22-13-10-20;/h3-6H,7-14H2,1-2H3;1H. The summed E-state index contributed by atoms with van der Waals surface area (Å²) in [5, 5.41) is 1.37. The lowest BCUT2D eigenvalue weighted by molar-refractivity contribution is -0.0773. The molecule has 1 aromatic heterocycles. The number of hydrogen-bond donors (Lipinski definition) is 0. The van der Waals surface area contributed by atoms with Crippen LogP contribution in [-0.2, 0) is 21.6 Å². The lowest BCUT2D eigenvalue weighted by Gasteiger charge is -2.38. The van der Waals surface area contributed by atoms with Crippen molar-refractivity contribution in [1.29, 1.82) is 0 Å². The fourth-order valence-corrected chi connectivity index (χ4v) is 4.21. The van der Waals surface area contributed by atoms with Crippen LogP contribution in [0.2, 0.25) is 0 Å². The lowest BCUT2D eigenvalue weighted by atomic mass is 9.92. The Bertz CT molecular complexity index is 709. The summed E-state index contributed by atoms with van der Waals surface area (Å²) < 4.78 is 14.2. The van der Waals surface area contributed by atoms with Crippen molar-refractivity contribution >= 4 is 23.3 Å². The van der Waals surface area contributed by atoms with Crippen molar-refractivity contribution in [2.45, 2.75) is 32.4 Å². The first kappa shape index (κ1) is 17.7. The number of morpholine rings is 1. The molecule has 1 unspecified atom stereocenters. The molecule has 0 bridgehead atoms. The molecule has 1 atom stereocenters. The Morgan fingerprint density at radius 1 is 1.08 bits per heavy atom. The SMILES string of the molecule is Cc1c2n(c3ccccc13)CCOC2(C)CCN1CCOCC1.Cl. The van der Waals surface area contributed by atoms with Gasteiger partial charge in [-0.25, -0.2) is 0 Å². The first-order chi connectivity index (χ1) is 11.2. The zero-order chi connectivity index (χ0) is 15.9. The molecule has 0 saturated carbocycles. The van der Waals surface area contributed by atoms with E-state index in [1.807, 2.05) is 0 Å². The van der Waals surface area contributed by atoms with Gasteiger partial charge in [0, 0.05) is 37.1 Å². The molecular formula is C19H27ClN2O2. The van der Waals surface area contributed by atoms with Gasteiger partial charge < -0.3 is 14.0 Å². The summed E-state index contributed by atoms with van der Waals surface area (Å²) in [5.74, 6) is 0. The number of hydrogen-bond acceptors (Lipinski definition) is 3. The molecule has 0 radical (unpaired) electrons. The minimum atomic E-state index is -0.195. The van der Waals surface area contributed by atoms with Gasteiger partial charge in [0.15, 0.2) is 0 Å². The van der Waals surface area contributed by atoms with Crippen molar-refractivity contribution < 1.29 is 9.47 Å². The molecule has 5 heteroatoms. The predicted octanol–water partition coefficient (Wildman–Crippen LogP) is 3.34. The van der Waals surface area contributed by atoms with Gasteiger partial charge in [-0.2, -0.15) is 0 Å². The van der Waals surface area contributed by atoms with E-state index in [0.717, 1.165) is 52.4 Å². The van der Waals surface area contributed by atoms with E-state index < -0.39 is 0 Å². The van der Waals surface area contributed by atoms with Crippen molar-refractivity contribution in [1.82, 2.24) is 9.47 Å². The van der Waals surface area contributed by atoms with E-state index in [9.17, 15) is 0 Å². The summed E-state index contributed by atoms with van der Waals surface area (Å²) in [5.41, 5.74) is 3.91. The van der Waals surface area contributed by atoms with E-state index in [1.165, 1.54) is 22.2 Å². The Labute approximate surface area is 150 Å². The molecule has 0 N–H and O–H groups in total. The highest BCUT2D eigenvalue weighted by Gasteiger charge is 2.37. The second kappa shape index (κ2) is 7.04. The second-order valence-corrected chi connectivity index (χ2v) is 6.93. The monoisotopic (exact) mass is 350 g/mol. The molecular weight excluding hydrogens is 324 g/mol. The Balaban J connectivity index is 0.00000169. The molecule has 0 amide bonds. The maximum absolute atomic E-state index is 6.31. The average Bonchev–Trinajstić information content (AvgIpc) is 2.89. The van der Waals surface area contributed by atoms with Gasteiger partial charge in [0.25, 0.3) is 0 Å². The van der Waals surface area contributed by atoms with E-state index in [0.29, 0.717) is 0 Å². The number of para-hydroxylation sites is 1. The number of rotatable bonds is 3. The largest absolute Gasteiger partial charge is 0.379 e. The fraction of sp³-hybridized carbons (Fsp3) is 0.579. The van der Waals surface area contributed by atoms with Crippen LogP contribution in [-0.4, -0.2) is 48.9 Å². The van der Waals surface area contributed by atoms with Crippen molar-refractivity contribution in [2.24, 2.45) is 0 Å². The van der Waals surface area contributed by atoms with Crippen molar-refractivity contribution in [3.8, 4) is 0 Å². The van der Waals surface area contributed by atoms with Crippen LogP contribution in [0.3, 0.4) is 0 Å². The van der Waals surface area contributed by atoms with Crippen LogP contribution in [0, 0.1) is 6.92 Å².